The lowest BCUT2D eigenvalue weighted by atomic mass is 10.2. The van der Waals surface area contributed by atoms with Crippen LogP contribution in [-0.4, -0.2) is 39.6 Å². The number of nitrogens with zero attached hydrogens (tertiary/aromatic N) is 2. The first-order chi connectivity index (χ1) is 12.3. The highest BCUT2D eigenvalue weighted by atomic mass is 32.2. The Labute approximate surface area is 158 Å². The number of hydrogen-bond donors (Lipinski definition) is 1. The molecule has 0 saturated heterocycles. The third-order valence-corrected chi connectivity index (χ3v) is 5.41. The molecule has 1 N–H and O–H groups in total. The van der Waals surface area contributed by atoms with Crippen molar-refractivity contribution in [1.29, 1.82) is 0 Å². The van der Waals surface area contributed by atoms with Crippen molar-refractivity contribution in [2.45, 2.75) is 11.8 Å². The third kappa shape index (κ3) is 5.89. The molecular weight excluding hydrogens is 370 g/mol. The van der Waals surface area contributed by atoms with Crippen LogP contribution in [0.4, 0.5) is 5.69 Å². The number of thioether (sulfide) groups is 1. The highest BCUT2D eigenvalue weighted by Crippen LogP contribution is 2.18. The van der Waals surface area contributed by atoms with E-state index in [1.54, 1.807) is 36.0 Å². The first-order valence-electron chi connectivity index (χ1n) is 7.80. The number of nitrogens with one attached hydrogen (secondary N) is 1. The van der Waals surface area contributed by atoms with E-state index < -0.39 is 15.9 Å². The van der Waals surface area contributed by atoms with E-state index in [1.807, 2.05) is 37.4 Å². The van der Waals surface area contributed by atoms with E-state index in [2.05, 4.69) is 10.5 Å². The number of amides is 1. The zero-order chi connectivity index (χ0) is 19.2. The summed E-state index contributed by atoms with van der Waals surface area (Å²) >= 11 is 1.64. The lowest BCUT2D eigenvalue weighted by Gasteiger charge is -2.21. The van der Waals surface area contributed by atoms with Gasteiger partial charge in [0.05, 0.1) is 18.2 Å². The molecule has 0 fully saturated rings. The van der Waals surface area contributed by atoms with Crippen LogP contribution in [0.1, 0.15) is 11.1 Å². The summed E-state index contributed by atoms with van der Waals surface area (Å²) in [5.74, 6) is -0.520. The molecule has 0 radical (unpaired) electrons. The van der Waals surface area contributed by atoms with E-state index in [0.717, 1.165) is 26.6 Å². The minimum absolute atomic E-state index is 0.343. The zero-order valence-corrected chi connectivity index (χ0v) is 16.5. The predicted octanol–water partition coefficient (Wildman–Crippen LogP) is 2.63. The molecule has 0 aliphatic rings. The monoisotopic (exact) mass is 391 g/mol. The fraction of sp³-hybridized carbons (Fsp3) is 0.222. The van der Waals surface area contributed by atoms with Crippen molar-refractivity contribution >= 4 is 39.6 Å². The summed E-state index contributed by atoms with van der Waals surface area (Å²) in [6.45, 7) is 1.56. The SMILES string of the molecule is CSc1ccc(/C=N\NC(=O)CN(c2ccc(C)cc2)S(C)(=O)=O)cc1. The van der Waals surface area contributed by atoms with Crippen LogP contribution in [0.2, 0.25) is 0 Å². The minimum Gasteiger partial charge on any atom is -0.271 e. The average Bonchev–Trinajstić information content (AvgIpc) is 2.60. The maximum atomic E-state index is 12.1. The van der Waals surface area contributed by atoms with E-state index in [-0.39, 0.29) is 6.54 Å². The van der Waals surface area contributed by atoms with Crippen LogP contribution in [0, 0.1) is 6.92 Å². The smallest absolute Gasteiger partial charge is 0.260 e. The van der Waals surface area contributed by atoms with Crippen molar-refractivity contribution in [3.8, 4) is 0 Å². The summed E-state index contributed by atoms with van der Waals surface area (Å²) in [5.41, 5.74) is 4.64. The Hall–Kier alpha value is -2.32. The number of carbonyl (C=O) groups excluding carboxylic acids is 1. The molecule has 0 atom stereocenters. The molecule has 0 unspecified atom stereocenters. The number of aryl methyl sites for hydroxylation is 1. The van der Waals surface area contributed by atoms with E-state index in [0.29, 0.717) is 5.69 Å². The molecule has 2 aromatic carbocycles. The van der Waals surface area contributed by atoms with Gasteiger partial charge in [0.2, 0.25) is 10.0 Å². The number of hydrazone groups is 1. The van der Waals surface area contributed by atoms with Gasteiger partial charge in [0, 0.05) is 4.90 Å². The summed E-state index contributed by atoms with van der Waals surface area (Å²) in [7, 11) is -3.59. The summed E-state index contributed by atoms with van der Waals surface area (Å²) < 4.78 is 25.1. The number of carbonyl (C=O) groups is 1. The van der Waals surface area contributed by atoms with Gasteiger partial charge < -0.3 is 0 Å². The Balaban J connectivity index is 2.02. The van der Waals surface area contributed by atoms with Crippen molar-refractivity contribution in [2.24, 2.45) is 5.10 Å². The fourth-order valence-corrected chi connectivity index (χ4v) is 3.41. The van der Waals surface area contributed by atoms with Gasteiger partial charge in [-0.1, -0.05) is 29.8 Å². The largest absolute Gasteiger partial charge is 0.271 e. The molecule has 1 amide bonds. The number of benzene rings is 2. The van der Waals surface area contributed by atoms with Gasteiger partial charge in [-0.2, -0.15) is 5.10 Å². The first kappa shape index (κ1) is 20.0. The highest BCUT2D eigenvalue weighted by Gasteiger charge is 2.20. The van der Waals surface area contributed by atoms with Gasteiger partial charge in [-0.15, -0.1) is 11.8 Å². The van der Waals surface area contributed by atoms with Gasteiger partial charge in [0.15, 0.2) is 0 Å². The van der Waals surface area contributed by atoms with Crippen LogP contribution in [0.25, 0.3) is 0 Å². The van der Waals surface area contributed by atoms with Gasteiger partial charge in [-0.3, -0.25) is 9.10 Å². The normalized spacial score (nSPS) is 11.5. The van der Waals surface area contributed by atoms with Gasteiger partial charge in [-0.25, -0.2) is 13.8 Å². The maximum absolute atomic E-state index is 12.1. The van der Waals surface area contributed by atoms with Gasteiger partial charge in [0.1, 0.15) is 6.54 Å². The van der Waals surface area contributed by atoms with Crippen LogP contribution < -0.4 is 9.73 Å². The molecule has 0 saturated carbocycles. The molecular formula is C18H21N3O3S2. The number of sulfonamides is 1. The molecule has 138 valence electrons. The van der Waals surface area contributed by atoms with Crippen molar-refractivity contribution in [3.63, 3.8) is 0 Å². The molecule has 0 aliphatic carbocycles. The second-order valence-corrected chi connectivity index (χ2v) is 8.46. The molecule has 0 spiro atoms. The molecule has 8 heteroatoms. The van der Waals surface area contributed by atoms with Crippen LogP contribution in [0.5, 0.6) is 0 Å². The fourth-order valence-electron chi connectivity index (χ4n) is 2.15. The molecule has 0 heterocycles. The Morgan fingerprint density at radius 3 is 2.31 bits per heavy atom. The van der Waals surface area contributed by atoms with Crippen LogP contribution in [-0.2, 0) is 14.8 Å². The Morgan fingerprint density at radius 1 is 1.15 bits per heavy atom. The summed E-state index contributed by atoms with van der Waals surface area (Å²) in [5, 5.41) is 3.89. The second-order valence-electron chi connectivity index (χ2n) is 5.67. The van der Waals surface area contributed by atoms with Crippen molar-refractivity contribution in [1.82, 2.24) is 5.43 Å². The molecule has 2 rings (SSSR count). The van der Waals surface area contributed by atoms with E-state index >= 15 is 0 Å². The molecule has 2 aromatic rings. The molecule has 0 aromatic heterocycles. The average molecular weight is 392 g/mol. The van der Waals surface area contributed by atoms with Gasteiger partial charge >= 0.3 is 0 Å². The van der Waals surface area contributed by atoms with Gasteiger partial charge in [0.25, 0.3) is 5.91 Å². The Morgan fingerprint density at radius 2 is 1.77 bits per heavy atom. The standard InChI is InChI=1S/C18H21N3O3S2/c1-14-4-8-16(9-5-14)21(26(3,23)24)13-18(22)20-19-12-15-6-10-17(25-2)11-7-15/h4-12H,13H2,1-3H3,(H,20,22)/b19-12-. The maximum Gasteiger partial charge on any atom is 0.260 e. The van der Waals surface area contributed by atoms with Crippen molar-refractivity contribution in [2.75, 3.05) is 23.4 Å². The molecule has 6 nitrogen and oxygen atoms in total. The van der Waals surface area contributed by atoms with Crippen LogP contribution >= 0.6 is 11.8 Å². The minimum atomic E-state index is -3.59. The number of anilines is 1. The number of rotatable bonds is 7. The number of hydrogen-bond acceptors (Lipinski definition) is 5. The van der Waals surface area contributed by atoms with E-state index in [4.69, 9.17) is 0 Å². The van der Waals surface area contributed by atoms with Crippen molar-refractivity contribution < 1.29 is 13.2 Å². The highest BCUT2D eigenvalue weighted by molar-refractivity contribution is 7.98. The summed E-state index contributed by atoms with van der Waals surface area (Å²) in [4.78, 5) is 13.2. The third-order valence-electron chi connectivity index (χ3n) is 3.53. The van der Waals surface area contributed by atoms with E-state index in [1.165, 1.54) is 6.21 Å². The van der Waals surface area contributed by atoms with Crippen LogP contribution in [0.15, 0.2) is 58.5 Å². The zero-order valence-electron chi connectivity index (χ0n) is 14.8. The second kappa shape index (κ2) is 8.86. The Kier molecular flexibility index (Phi) is 6.82. The predicted molar refractivity (Wildman–Crippen MR) is 107 cm³/mol. The summed E-state index contributed by atoms with van der Waals surface area (Å²) in [6, 6.07) is 14.6. The Bertz CT molecular complexity index is 877. The lowest BCUT2D eigenvalue weighted by molar-refractivity contribution is -0.119. The molecule has 26 heavy (non-hydrogen) atoms. The van der Waals surface area contributed by atoms with Gasteiger partial charge in [-0.05, 0) is 43.0 Å². The quantitative estimate of drug-likeness (QED) is 0.447. The summed E-state index contributed by atoms with van der Waals surface area (Å²) in [6.07, 6.45) is 4.57. The molecule has 0 aliphatic heterocycles. The molecule has 0 bridgehead atoms. The van der Waals surface area contributed by atoms with Crippen molar-refractivity contribution in [3.05, 3.63) is 59.7 Å². The van der Waals surface area contributed by atoms with Crippen LogP contribution in [0.3, 0.4) is 0 Å². The first-order valence-corrected chi connectivity index (χ1v) is 10.9. The topological polar surface area (TPSA) is 78.8 Å². The lowest BCUT2D eigenvalue weighted by Crippen LogP contribution is -2.39. The van der Waals surface area contributed by atoms with E-state index in [9.17, 15) is 13.2 Å².